The van der Waals surface area contributed by atoms with Gasteiger partial charge in [-0.05, 0) is 36.8 Å². The lowest BCUT2D eigenvalue weighted by Crippen LogP contribution is -2.47. The van der Waals surface area contributed by atoms with Gasteiger partial charge in [0, 0.05) is 44.8 Å². The number of amides is 1. The fraction of sp³-hybridized carbons (Fsp3) is 0.381. The number of anilines is 2. The zero-order valence-corrected chi connectivity index (χ0v) is 15.6. The summed E-state index contributed by atoms with van der Waals surface area (Å²) in [6, 6.07) is 14.3. The monoisotopic (exact) mass is 371 g/mol. The first-order valence-electron chi connectivity index (χ1n) is 9.32. The molecule has 1 aliphatic rings. The van der Waals surface area contributed by atoms with Crippen LogP contribution in [0.4, 0.5) is 15.8 Å². The highest BCUT2D eigenvalue weighted by Gasteiger charge is 2.20. The molecule has 2 aromatic rings. The Morgan fingerprint density at radius 1 is 1.15 bits per heavy atom. The Balaban J connectivity index is 1.46. The van der Waals surface area contributed by atoms with Crippen LogP contribution in [0.3, 0.4) is 0 Å². The Morgan fingerprint density at radius 2 is 1.85 bits per heavy atom. The fourth-order valence-electron chi connectivity index (χ4n) is 3.26. The largest absolute Gasteiger partial charge is 0.389 e. The van der Waals surface area contributed by atoms with Crippen LogP contribution in [0.1, 0.15) is 25.0 Å². The predicted octanol–water partition coefficient (Wildman–Crippen LogP) is 3.03. The smallest absolute Gasteiger partial charge is 0.225 e. The normalized spacial score (nSPS) is 16.2. The summed E-state index contributed by atoms with van der Waals surface area (Å²) in [5.41, 5.74) is 1.96. The lowest BCUT2D eigenvalue weighted by Gasteiger charge is -2.36. The standard InChI is InChI=1S/C21H26FN3O2/c1-16(26)17-7-8-20(19(22)15-17)25-13-11-24(12-14-25)10-9-21(27)23-18-5-3-2-4-6-18/h2-8,15-16,26H,9-14H2,1H3,(H,23,27)/t16-/m1/s1. The molecule has 1 fully saturated rings. The van der Waals surface area contributed by atoms with Gasteiger partial charge in [0.1, 0.15) is 5.82 Å². The number of rotatable bonds is 6. The van der Waals surface area contributed by atoms with Gasteiger partial charge >= 0.3 is 0 Å². The van der Waals surface area contributed by atoms with Crippen LogP contribution in [-0.2, 0) is 4.79 Å². The summed E-state index contributed by atoms with van der Waals surface area (Å²) in [7, 11) is 0. The van der Waals surface area contributed by atoms with Crippen molar-refractivity contribution >= 4 is 17.3 Å². The van der Waals surface area contributed by atoms with E-state index in [1.165, 1.54) is 6.07 Å². The summed E-state index contributed by atoms with van der Waals surface area (Å²) in [6.45, 7) is 5.32. The number of carbonyl (C=O) groups is 1. The van der Waals surface area contributed by atoms with E-state index >= 15 is 0 Å². The summed E-state index contributed by atoms with van der Waals surface area (Å²) in [5.74, 6) is -0.299. The summed E-state index contributed by atoms with van der Waals surface area (Å²) < 4.78 is 14.3. The minimum Gasteiger partial charge on any atom is -0.389 e. The van der Waals surface area contributed by atoms with Gasteiger partial charge in [-0.15, -0.1) is 0 Å². The number of halogens is 1. The number of aliphatic hydroxyl groups is 1. The Kier molecular flexibility index (Phi) is 6.42. The molecule has 1 atom stereocenters. The molecule has 0 radical (unpaired) electrons. The Bertz CT molecular complexity index is 759. The van der Waals surface area contributed by atoms with Crippen LogP contribution in [0, 0.1) is 5.82 Å². The molecule has 0 aliphatic carbocycles. The van der Waals surface area contributed by atoms with Crippen LogP contribution >= 0.6 is 0 Å². The highest BCUT2D eigenvalue weighted by Crippen LogP contribution is 2.24. The van der Waals surface area contributed by atoms with E-state index in [2.05, 4.69) is 10.2 Å². The quantitative estimate of drug-likeness (QED) is 0.820. The molecule has 0 bridgehead atoms. The number of benzene rings is 2. The highest BCUT2D eigenvalue weighted by molar-refractivity contribution is 5.90. The Hall–Kier alpha value is -2.44. The summed E-state index contributed by atoms with van der Waals surface area (Å²) in [5, 5.41) is 12.5. The third-order valence-electron chi connectivity index (χ3n) is 4.88. The molecule has 0 aromatic heterocycles. The van der Waals surface area contributed by atoms with E-state index in [0.717, 1.165) is 18.8 Å². The third-order valence-corrected chi connectivity index (χ3v) is 4.88. The van der Waals surface area contributed by atoms with Crippen LogP contribution in [0.25, 0.3) is 0 Å². The number of carbonyl (C=O) groups excluding carboxylic acids is 1. The first kappa shape index (κ1) is 19.3. The number of piperazine rings is 1. The van der Waals surface area contributed by atoms with Crippen LogP contribution in [-0.4, -0.2) is 48.6 Å². The average Bonchev–Trinajstić information content (AvgIpc) is 2.67. The Labute approximate surface area is 159 Å². The van der Waals surface area contributed by atoms with E-state index in [0.29, 0.717) is 37.3 Å². The van der Waals surface area contributed by atoms with Crippen LogP contribution < -0.4 is 10.2 Å². The van der Waals surface area contributed by atoms with Crippen LogP contribution in [0.15, 0.2) is 48.5 Å². The predicted molar refractivity (Wildman–Crippen MR) is 105 cm³/mol. The molecule has 1 saturated heterocycles. The van der Waals surface area contributed by atoms with Crippen molar-refractivity contribution in [2.24, 2.45) is 0 Å². The van der Waals surface area contributed by atoms with Crippen molar-refractivity contribution < 1.29 is 14.3 Å². The number of hydrogen-bond acceptors (Lipinski definition) is 4. The second kappa shape index (κ2) is 8.97. The molecule has 2 N–H and O–H groups in total. The van der Waals surface area contributed by atoms with Crippen molar-refractivity contribution in [1.29, 1.82) is 0 Å². The van der Waals surface area contributed by atoms with Gasteiger partial charge in [0.2, 0.25) is 5.91 Å². The van der Waals surface area contributed by atoms with Crippen molar-refractivity contribution in [2.75, 3.05) is 42.9 Å². The number of aliphatic hydroxyl groups excluding tert-OH is 1. The molecule has 1 heterocycles. The van der Waals surface area contributed by atoms with Crippen molar-refractivity contribution in [3.05, 3.63) is 59.9 Å². The molecule has 1 amide bonds. The van der Waals surface area contributed by atoms with Gasteiger partial charge in [-0.3, -0.25) is 9.69 Å². The van der Waals surface area contributed by atoms with E-state index in [1.54, 1.807) is 19.1 Å². The molecule has 1 aliphatic heterocycles. The number of hydrogen-bond donors (Lipinski definition) is 2. The SMILES string of the molecule is C[C@@H](O)c1ccc(N2CCN(CCC(=O)Nc3ccccc3)CC2)c(F)c1. The van der Waals surface area contributed by atoms with E-state index in [-0.39, 0.29) is 11.7 Å². The molecule has 144 valence electrons. The minimum absolute atomic E-state index is 0.00314. The van der Waals surface area contributed by atoms with Gasteiger partial charge in [0.15, 0.2) is 0 Å². The molecule has 3 rings (SSSR count). The molecule has 0 spiro atoms. The second-order valence-corrected chi connectivity index (χ2v) is 6.88. The summed E-state index contributed by atoms with van der Waals surface area (Å²) >= 11 is 0. The van der Waals surface area contributed by atoms with Gasteiger partial charge in [-0.25, -0.2) is 4.39 Å². The van der Waals surface area contributed by atoms with Gasteiger partial charge in [-0.2, -0.15) is 0 Å². The maximum absolute atomic E-state index is 14.3. The first-order valence-corrected chi connectivity index (χ1v) is 9.32. The second-order valence-electron chi connectivity index (χ2n) is 6.88. The summed E-state index contributed by atoms with van der Waals surface area (Å²) in [4.78, 5) is 16.3. The lowest BCUT2D eigenvalue weighted by molar-refractivity contribution is -0.116. The van der Waals surface area contributed by atoms with Gasteiger partial charge in [0.25, 0.3) is 0 Å². The van der Waals surface area contributed by atoms with Crippen molar-refractivity contribution in [3.8, 4) is 0 Å². The number of nitrogens with zero attached hydrogens (tertiary/aromatic N) is 2. The maximum atomic E-state index is 14.3. The molecular weight excluding hydrogens is 345 g/mol. The van der Waals surface area contributed by atoms with Crippen LogP contribution in [0.2, 0.25) is 0 Å². The highest BCUT2D eigenvalue weighted by atomic mass is 19.1. The fourth-order valence-corrected chi connectivity index (χ4v) is 3.26. The molecule has 2 aromatic carbocycles. The lowest BCUT2D eigenvalue weighted by atomic mass is 10.1. The van der Waals surface area contributed by atoms with E-state index < -0.39 is 6.10 Å². The number of nitrogens with one attached hydrogen (secondary N) is 1. The minimum atomic E-state index is -0.674. The van der Waals surface area contributed by atoms with Gasteiger partial charge in [0.05, 0.1) is 11.8 Å². The van der Waals surface area contributed by atoms with Crippen molar-refractivity contribution in [3.63, 3.8) is 0 Å². The molecule has 0 unspecified atom stereocenters. The molecule has 27 heavy (non-hydrogen) atoms. The Morgan fingerprint density at radius 3 is 2.48 bits per heavy atom. The van der Waals surface area contributed by atoms with E-state index in [9.17, 15) is 14.3 Å². The van der Waals surface area contributed by atoms with Gasteiger partial charge in [-0.1, -0.05) is 24.3 Å². The maximum Gasteiger partial charge on any atom is 0.225 e. The molecular formula is C21H26FN3O2. The summed E-state index contributed by atoms with van der Waals surface area (Å²) in [6.07, 6.45) is -0.237. The van der Waals surface area contributed by atoms with Crippen molar-refractivity contribution in [2.45, 2.75) is 19.4 Å². The third kappa shape index (κ3) is 5.28. The van der Waals surface area contributed by atoms with Crippen molar-refractivity contribution in [1.82, 2.24) is 4.90 Å². The first-order chi connectivity index (χ1) is 13.0. The van der Waals surface area contributed by atoms with E-state index in [4.69, 9.17) is 0 Å². The molecule has 0 saturated carbocycles. The molecule has 5 nitrogen and oxygen atoms in total. The zero-order valence-electron chi connectivity index (χ0n) is 15.6. The van der Waals surface area contributed by atoms with Gasteiger partial charge < -0.3 is 15.3 Å². The zero-order chi connectivity index (χ0) is 19.2. The molecule has 6 heteroatoms. The number of para-hydroxylation sites is 1. The topological polar surface area (TPSA) is 55.8 Å². The van der Waals surface area contributed by atoms with E-state index in [1.807, 2.05) is 35.2 Å². The van der Waals surface area contributed by atoms with Crippen LogP contribution in [0.5, 0.6) is 0 Å². The average molecular weight is 371 g/mol.